The fourth-order valence-corrected chi connectivity index (χ4v) is 2.24. The van der Waals surface area contributed by atoms with Crippen LogP contribution in [-0.2, 0) is 11.2 Å². The molecule has 2 rings (SSSR count). The van der Waals surface area contributed by atoms with E-state index in [0.29, 0.717) is 12.8 Å². The van der Waals surface area contributed by atoms with Crippen molar-refractivity contribution >= 4 is 12.0 Å². The predicted octanol–water partition coefficient (Wildman–Crippen LogP) is 2.31. The monoisotopic (exact) mass is 290 g/mol. The first-order valence-corrected chi connectivity index (χ1v) is 7.21. The highest BCUT2D eigenvalue weighted by molar-refractivity contribution is 5.89. The number of carbonyl (C=O) groups is 2. The summed E-state index contributed by atoms with van der Waals surface area (Å²) < 4.78 is 0. The summed E-state index contributed by atoms with van der Waals surface area (Å²) in [6.45, 7) is 3.88. The predicted molar refractivity (Wildman–Crippen MR) is 80.1 cm³/mol. The summed E-state index contributed by atoms with van der Waals surface area (Å²) >= 11 is 0. The van der Waals surface area contributed by atoms with E-state index in [1.165, 1.54) is 5.56 Å². The molecule has 0 aliphatic heterocycles. The van der Waals surface area contributed by atoms with E-state index in [1.54, 1.807) is 0 Å². The van der Waals surface area contributed by atoms with Gasteiger partial charge in [0.1, 0.15) is 5.54 Å². The molecular formula is C16H22N2O3. The minimum Gasteiger partial charge on any atom is -0.480 e. The summed E-state index contributed by atoms with van der Waals surface area (Å²) in [7, 11) is 0. The Morgan fingerprint density at radius 2 is 1.86 bits per heavy atom. The van der Waals surface area contributed by atoms with Crippen LogP contribution in [0.1, 0.15) is 38.7 Å². The molecular weight excluding hydrogens is 268 g/mol. The molecule has 2 amide bonds. The molecule has 0 heterocycles. The maximum Gasteiger partial charge on any atom is 0.329 e. The molecule has 5 heteroatoms. The lowest BCUT2D eigenvalue weighted by Crippen LogP contribution is -2.54. The normalized spacial score (nSPS) is 16.1. The molecule has 1 aromatic carbocycles. The highest BCUT2D eigenvalue weighted by Crippen LogP contribution is 2.35. The van der Waals surface area contributed by atoms with Gasteiger partial charge in [0.15, 0.2) is 0 Å². The highest BCUT2D eigenvalue weighted by Gasteiger charge is 2.51. The van der Waals surface area contributed by atoms with Gasteiger partial charge in [-0.05, 0) is 45.1 Å². The first-order valence-electron chi connectivity index (χ1n) is 7.21. The smallest absolute Gasteiger partial charge is 0.329 e. The maximum atomic E-state index is 11.9. The van der Waals surface area contributed by atoms with Crippen molar-refractivity contribution in [3.05, 3.63) is 35.9 Å². The van der Waals surface area contributed by atoms with E-state index in [4.69, 9.17) is 5.11 Å². The first-order chi connectivity index (χ1) is 9.83. The zero-order chi connectivity index (χ0) is 15.5. The lowest BCUT2D eigenvalue weighted by molar-refractivity contribution is -0.140. The summed E-state index contributed by atoms with van der Waals surface area (Å²) in [5.41, 5.74) is -0.217. The number of amides is 2. The Kier molecular flexibility index (Phi) is 4.21. The van der Waals surface area contributed by atoms with Crippen molar-refractivity contribution in [2.45, 2.75) is 50.6 Å². The van der Waals surface area contributed by atoms with Crippen molar-refractivity contribution in [3.8, 4) is 0 Å². The molecule has 0 bridgehead atoms. The fourth-order valence-electron chi connectivity index (χ4n) is 2.24. The summed E-state index contributed by atoms with van der Waals surface area (Å²) in [6.07, 6.45) is 2.64. The molecule has 1 saturated carbocycles. The second-order valence-electron chi connectivity index (χ2n) is 6.34. The van der Waals surface area contributed by atoms with Crippen LogP contribution >= 0.6 is 0 Å². The highest BCUT2D eigenvalue weighted by atomic mass is 16.4. The van der Waals surface area contributed by atoms with Gasteiger partial charge < -0.3 is 15.7 Å². The first kappa shape index (κ1) is 15.4. The number of benzene rings is 1. The number of aliphatic carboxylic acids is 1. The third kappa shape index (κ3) is 4.21. The lowest BCUT2D eigenvalue weighted by atomic mass is 9.95. The van der Waals surface area contributed by atoms with Crippen LogP contribution in [0.5, 0.6) is 0 Å². The van der Waals surface area contributed by atoms with Gasteiger partial charge in [0.05, 0.1) is 0 Å². The molecule has 0 saturated heterocycles. The third-order valence-electron chi connectivity index (χ3n) is 3.85. The van der Waals surface area contributed by atoms with E-state index in [9.17, 15) is 9.59 Å². The number of carbonyl (C=O) groups excluding carboxylic acids is 1. The number of nitrogens with one attached hydrogen (secondary N) is 2. The average Bonchev–Trinajstić information content (AvgIpc) is 3.18. The van der Waals surface area contributed by atoms with Gasteiger partial charge in [-0.25, -0.2) is 9.59 Å². The topological polar surface area (TPSA) is 78.4 Å². The molecule has 114 valence electrons. The van der Waals surface area contributed by atoms with Crippen molar-refractivity contribution in [2.24, 2.45) is 0 Å². The Balaban J connectivity index is 1.83. The van der Waals surface area contributed by atoms with Crippen molar-refractivity contribution in [2.75, 3.05) is 0 Å². The van der Waals surface area contributed by atoms with Crippen molar-refractivity contribution in [3.63, 3.8) is 0 Å². The quantitative estimate of drug-likeness (QED) is 0.752. The summed E-state index contributed by atoms with van der Waals surface area (Å²) in [6, 6.07) is 9.66. The van der Waals surface area contributed by atoms with Crippen molar-refractivity contribution in [1.82, 2.24) is 10.6 Å². The van der Waals surface area contributed by atoms with Gasteiger partial charge in [-0.15, -0.1) is 0 Å². The Hall–Kier alpha value is -2.04. The zero-order valence-electron chi connectivity index (χ0n) is 12.5. The molecule has 0 unspecified atom stereocenters. The molecule has 1 aliphatic rings. The Labute approximate surface area is 124 Å². The molecule has 21 heavy (non-hydrogen) atoms. The SMILES string of the molecule is CC(C)(CCc1ccccc1)NC(=O)NC1(C(=O)O)CC1. The Morgan fingerprint density at radius 1 is 1.24 bits per heavy atom. The zero-order valence-corrected chi connectivity index (χ0v) is 12.5. The summed E-state index contributed by atoms with van der Waals surface area (Å²) in [4.78, 5) is 23.0. The van der Waals surface area contributed by atoms with Crippen molar-refractivity contribution in [1.29, 1.82) is 0 Å². The molecule has 0 aromatic heterocycles. The number of urea groups is 1. The van der Waals surface area contributed by atoms with Crippen LogP contribution in [0.2, 0.25) is 0 Å². The van der Waals surface area contributed by atoms with Gasteiger partial charge in [-0.3, -0.25) is 0 Å². The van der Waals surface area contributed by atoms with Crippen LogP contribution in [0, 0.1) is 0 Å². The number of aryl methyl sites for hydroxylation is 1. The second-order valence-corrected chi connectivity index (χ2v) is 6.34. The van der Waals surface area contributed by atoms with E-state index in [0.717, 1.165) is 12.8 Å². The van der Waals surface area contributed by atoms with Crippen LogP contribution in [-0.4, -0.2) is 28.2 Å². The van der Waals surface area contributed by atoms with Crippen LogP contribution < -0.4 is 10.6 Å². The number of carboxylic acids is 1. The van der Waals surface area contributed by atoms with Gasteiger partial charge in [-0.1, -0.05) is 30.3 Å². The number of rotatable bonds is 6. The lowest BCUT2D eigenvalue weighted by Gasteiger charge is -2.27. The van der Waals surface area contributed by atoms with Gasteiger partial charge >= 0.3 is 12.0 Å². The molecule has 5 nitrogen and oxygen atoms in total. The average molecular weight is 290 g/mol. The summed E-state index contributed by atoms with van der Waals surface area (Å²) in [5.74, 6) is -0.959. The Morgan fingerprint density at radius 3 is 2.38 bits per heavy atom. The van der Waals surface area contributed by atoms with Crippen LogP contribution in [0.15, 0.2) is 30.3 Å². The minimum absolute atomic E-state index is 0.394. The molecule has 1 fully saturated rings. The molecule has 1 aliphatic carbocycles. The van der Waals surface area contributed by atoms with Crippen LogP contribution in [0.3, 0.4) is 0 Å². The van der Waals surface area contributed by atoms with Crippen molar-refractivity contribution < 1.29 is 14.7 Å². The fraction of sp³-hybridized carbons (Fsp3) is 0.500. The minimum atomic E-state index is -1.04. The van der Waals surface area contributed by atoms with Crippen LogP contribution in [0.25, 0.3) is 0 Å². The van der Waals surface area contributed by atoms with E-state index in [1.807, 2.05) is 32.0 Å². The third-order valence-corrected chi connectivity index (χ3v) is 3.85. The van der Waals surface area contributed by atoms with E-state index in [2.05, 4.69) is 22.8 Å². The maximum absolute atomic E-state index is 11.9. The van der Waals surface area contributed by atoms with E-state index >= 15 is 0 Å². The molecule has 0 atom stereocenters. The van der Waals surface area contributed by atoms with Gasteiger partial charge in [0.25, 0.3) is 0 Å². The largest absolute Gasteiger partial charge is 0.480 e. The van der Waals surface area contributed by atoms with Gasteiger partial charge in [0.2, 0.25) is 0 Å². The van der Waals surface area contributed by atoms with E-state index in [-0.39, 0.29) is 0 Å². The second kappa shape index (κ2) is 5.76. The number of hydrogen-bond donors (Lipinski definition) is 3. The standard InChI is InChI=1S/C16H22N2O3/c1-15(2,9-8-12-6-4-3-5-7-12)17-14(21)18-16(10-11-16)13(19)20/h3-7H,8-11H2,1-2H3,(H,19,20)(H2,17,18,21). The van der Waals surface area contributed by atoms with E-state index < -0.39 is 23.1 Å². The molecule has 3 N–H and O–H groups in total. The molecule has 0 spiro atoms. The van der Waals surface area contributed by atoms with Gasteiger partial charge in [-0.2, -0.15) is 0 Å². The number of carboxylic acid groups (broad SMARTS) is 1. The summed E-state index contributed by atoms with van der Waals surface area (Å²) in [5, 5.41) is 14.5. The van der Waals surface area contributed by atoms with Crippen LogP contribution in [0.4, 0.5) is 4.79 Å². The Bertz CT molecular complexity index is 522. The molecule has 1 aromatic rings. The number of hydrogen-bond acceptors (Lipinski definition) is 2. The van der Waals surface area contributed by atoms with Gasteiger partial charge in [0, 0.05) is 5.54 Å². The molecule has 0 radical (unpaired) electrons.